The number of hydrogen-bond donors (Lipinski definition) is 0. The first-order chi connectivity index (χ1) is 7.72. The quantitative estimate of drug-likeness (QED) is 0.406. The summed E-state index contributed by atoms with van der Waals surface area (Å²) in [5, 5.41) is 0. The average molecular weight is 274 g/mol. The highest BCUT2D eigenvalue weighted by molar-refractivity contribution is 6.90. The second kappa shape index (κ2) is 7.75. The van der Waals surface area contributed by atoms with Gasteiger partial charge in [0.05, 0.1) is 0 Å². The maximum atomic E-state index is 2.80. The van der Waals surface area contributed by atoms with E-state index in [9.17, 15) is 0 Å². The second-order valence-electron chi connectivity index (χ2n) is 7.06. The van der Waals surface area contributed by atoms with Gasteiger partial charge in [0, 0.05) is 0 Å². The van der Waals surface area contributed by atoms with Gasteiger partial charge < -0.3 is 4.23 Å². The Balaban J connectivity index is 3.86. The molecule has 0 aliphatic carbocycles. The predicted octanol–water partition coefficient (Wildman–Crippen LogP) is 5.32. The van der Waals surface area contributed by atoms with Crippen LogP contribution in [0, 0.1) is 0 Å². The van der Waals surface area contributed by atoms with Gasteiger partial charge in [-0.3, -0.25) is 0 Å². The van der Waals surface area contributed by atoms with Gasteiger partial charge in [-0.1, -0.05) is 78.2 Å². The number of hydrogen-bond acceptors (Lipinski definition) is 1. The molecule has 0 atom stereocenters. The highest BCUT2D eigenvalue weighted by Crippen LogP contribution is 2.23. The molecule has 0 saturated carbocycles. The van der Waals surface area contributed by atoms with Crippen molar-refractivity contribution in [1.29, 1.82) is 0 Å². The van der Waals surface area contributed by atoms with Gasteiger partial charge >= 0.3 is 0 Å². The molecule has 0 aliphatic rings. The Labute approximate surface area is 112 Å². The molecule has 0 aliphatic heterocycles. The molecule has 0 spiro atoms. The summed E-state index contributed by atoms with van der Waals surface area (Å²) in [6.45, 7) is 14.8. The first-order valence-corrected chi connectivity index (χ1v) is 14.1. The van der Waals surface area contributed by atoms with E-state index in [4.69, 9.17) is 0 Å². The Morgan fingerprint density at radius 3 is 1.71 bits per heavy atom. The van der Waals surface area contributed by atoms with Gasteiger partial charge in [-0.05, 0) is 13.1 Å². The molecular weight excluding hydrogens is 238 g/mol. The van der Waals surface area contributed by atoms with E-state index in [0.717, 1.165) is 0 Å². The third-order valence-electron chi connectivity index (χ3n) is 4.06. The van der Waals surface area contributed by atoms with Crippen molar-refractivity contribution in [1.82, 2.24) is 4.23 Å². The van der Waals surface area contributed by atoms with Gasteiger partial charge in [0.2, 0.25) is 0 Å². The van der Waals surface area contributed by atoms with Crippen molar-refractivity contribution in [2.24, 2.45) is 0 Å². The molecular formula is C14H35NSi2. The summed E-state index contributed by atoms with van der Waals surface area (Å²) in [7, 11) is 0.187. The third-order valence-corrected chi connectivity index (χ3v) is 13.3. The molecule has 0 bridgehead atoms. The maximum Gasteiger partial charge on any atom is 0.115 e. The fraction of sp³-hybridized carbons (Fsp3) is 1.00. The molecule has 0 N–H and O–H groups in total. The Bertz CT molecular complexity index is 197. The molecule has 0 aromatic heterocycles. The Morgan fingerprint density at radius 2 is 1.24 bits per heavy atom. The summed E-state index contributed by atoms with van der Waals surface area (Å²) in [6.07, 6.45) is 8.60. The molecule has 0 radical (unpaired) electrons. The lowest BCUT2D eigenvalue weighted by Crippen LogP contribution is -2.58. The van der Waals surface area contributed by atoms with E-state index >= 15 is 0 Å². The van der Waals surface area contributed by atoms with E-state index in [0.29, 0.717) is 0 Å². The zero-order chi connectivity index (χ0) is 13.5. The molecule has 0 heterocycles. The van der Waals surface area contributed by atoms with Gasteiger partial charge in [0.1, 0.15) is 16.5 Å². The van der Waals surface area contributed by atoms with Gasteiger partial charge in [-0.25, -0.2) is 0 Å². The summed E-state index contributed by atoms with van der Waals surface area (Å²) in [6, 6.07) is 1.49. The zero-order valence-electron chi connectivity index (χ0n) is 13.4. The van der Waals surface area contributed by atoms with Crippen molar-refractivity contribution < 1.29 is 0 Å². The fourth-order valence-electron chi connectivity index (χ4n) is 2.41. The standard InChI is InChI=1S/C14H35NSi2/c1-8-9-10-11-12-13-14-17(6,7)15(2)16(3,4)5/h8-14H2,1-7H3. The van der Waals surface area contributed by atoms with Crippen LogP contribution >= 0.6 is 0 Å². The van der Waals surface area contributed by atoms with Crippen LogP contribution in [0.25, 0.3) is 0 Å². The van der Waals surface area contributed by atoms with Gasteiger partial charge in [-0.15, -0.1) is 0 Å². The Morgan fingerprint density at radius 1 is 0.765 bits per heavy atom. The summed E-state index contributed by atoms with van der Waals surface area (Å²) in [5.74, 6) is 0. The number of rotatable bonds is 9. The van der Waals surface area contributed by atoms with Crippen molar-refractivity contribution in [3.63, 3.8) is 0 Å². The van der Waals surface area contributed by atoms with Crippen molar-refractivity contribution >= 4 is 16.5 Å². The van der Waals surface area contributed by atoms with E-state index in [1.807, 2.05) is 0 Å². The van der Waals surface area contributed by atoms with Crippen LogP contribution in [0.2, 0.25) is 38.8 Å². The van der Waals surface area contributed by atoms with Crippen molar-refractivity contribution in [2.75, 3.05) is 7.05 Å². The van der Waals surface area contributed by atoms with Gasteiger partial charge in [-0.2, -0.15) is 0 Å². The van der Waals surface area contributed by atoms with E-state index in [1.54, 1.807) is 0 Å². The van der Waals surface area contributed by atoms with Crippen LogP contribution in [0.3, 0.4) is 0 Å². The summed E-state index contributed by atoms with van der Waals surface area (Å²) in [5.41, 5.74) is 0. The fourth-order valence-corrected chi connectivity index (χ4v) is 11.5. The molecule has 0 aromatic carbocycles. The topological polar surface area (TPSA) is 3.24 Å². The first-order valence-electron chi connectivity index (χ1n) is 7.46. The molecule has 1 nitrogen and oxygen atoms in total. The van der Waals surface area contributed by atoms with Crippen LogP contribution in [0.4, 0.5) is 0 Å². The zero-order valence-corrected chi connectivity index (χ0v) is 15.4. The number of unbranched alkanes of at least 4 members (excludes halogenated alkanes) is 5. The average Bonchev–Trinajstić information content (AvgIpc) is 2.20. The molecule has 0 unspecified atom stereocenters. The maximum absolute atomic E-state index is 2.80. The van der Waals surface area contributed by atoms with E-state index < -0.39 is 16.5 Å². The molecule has 3 heteroatoms. The van der Waals surface area contributed by atoms with Crippen molar-refractivity contribution in [3.8, 4) is 0 Å². The van der Waals surface area contributed by atoms with E-state index in [2.05, 4.69) is 50.9 Å². The highest BCUT2D eigenvalue weighted by Gasteiger charge is 2.33. The normalized spacial score (nSPS) is 13.4. The Hall–Kier alpha value is 0.394. The third kappa shape index (κ3) is 7.42. The lowest BCUT2D eigenvalue weighted by Gasteiger charge is -2.42. The largest absolute Gasteiger partial charge is 0.348 e. The minimum Gasteiger partial charge on any atom is -0.348 e. The molecule has 0 fully saturated rings. The van der Waals surface area contributed by atoms with Crippen LogP contribution in [0.15, 0.2) is 0 Å². The van der Waals surface area contributed by atoms with E-state index in [-0.39, 0.29) is 0 Å². The van der Waals surface area contributed by atoms with Crippen LogP contribution in [-0.4, -0.2) is 27.7 Å². The minimum atomic E-state index is -1.12. The monoisotopic (exact) mass is 273 g/mol. The molecule has 0 amide bonds. The van der Waals surface area contributed by atoms with Crippen LogP contribution < -0.4 is 0 Å². The van der Waals surface area contributed by atoms with Gasteiger partial charge in [0.25, 0.3) is 0 Å². The molecule has 0 saturated heterocycles. The minimum absolute atomic E-state index is 1.08. The molecule has 104 valence electrons. The first kappa shape index (κ1) is 17.4. The summed E-state index contributed by atoms with van der Waals surface area (Å²) >= 11 is 0. The number of nitrogens with zero attached hydrogens (tertiary/aromatic N) is 1. The molecule has 0 aromatic rings. The van der Waals surface area contributed by atoms with Gasteiger partial charge in [0.15, 0.2) is 0 Å². The van der Waals surface area contributed by atoms with Crippen LogP contribution in [-0.2, 0) is 0 Å². The summed E-state index contributed by atoms with van der Waals surface area (Å²) < 4.78 is 2.80. The van der Waals surface area contributed by atoms with E-state index in [1.165, 1.54) is 44.6 Å². The van der Waals surface area contributed by atoms with Crippen LogP contribution in [0.1, 0.15) is 45.4 Å². The SMILES string of the molecule is CCCCCCCC[Si](C)(C)N(C)[Si](C)(C)C. The lowest BCUT2D eigenvalue weighted by molar-refractivity contribution is 0.615. The van der Waals surface area contributed by atoms with Crippen LogP contribution in [0.5, 0.6) is 0 Å². The molecule has 0 rings (SSSR count). The second-order valence-corrected chi connectivity index (χ2v) is 17.3. The predicted molar refractivity (Wildman–Crippen MR) is 86.8 cm³/mol. The van der Waals surface area contributed by atoms with Crippen molar-refractivity contribution in [3.05, 3.63) is 0 Å². The summed E-state index contributed by atoms with van der Waals surface area (Å²) in [4.78, 5) is 0. The lowest BCUT2D eigenvalue weighted by atomic mass is 10.1. The highest BCUT2D eigenvalue weighted by atomic mass is 28.4. The Kier molecular flexibility index (Phi) is 7.93. The van der Waals surface area contributed by atoms with Crippen molar-refractivity contribution in [2.45, 2.75) is 84.2 Å². The smallest absolute Gasteiger partial charge is 0.115 e. The molecule has 17 heavy (non-hydrogen) atoms.